The molecule has 0 saturated carbocycles. The number of aliphatic imine (C=N–C) groups is 1. The molecule has 3 aliphatic rings. The summed E-state index contributed by atoms with van der Waals surface area (Å²) >= 11 is 2.15. The molecule has 10 rings (SSSR count). The molecule has 4 heterocycles. The Morgan fingerprint density at radius 3 is 2.16 bits per heavy atom. The van der Waals surface area contributed by atoms with E-state index in [0.717, 1.165) is 31.2 Å². The molecular weight excluding hydrogens is 993 g/mol. The number of halogens is 8. The van der Waals surface area contributed by atoms with E-state index >= 15 is 8.63 Å². The highest BCUT2D eigenvalue weighted by atomic mass is 127. The molecule has 338 valence electrons. The molecule has 1 aliphatic carbocycles. The second-order valence-electron chi connectivity index (χ2n) is 15.9. The number of carbonyl (C=O) groups excluding carboxylic acids is 1. The molecule has 0 fully saturated rings. The fourth-order valence-electron chi connectivity index (χ4n) is 8.89. The van der Waals surface area contributed by atoms with E-state index in [9.17, 15) is 26.7 Å². The standard InChI is InChI=1S/C48H34BF7IN7O3/c1-66-32-18-20-33-29(23-32)15-19-34-35(26-9-4-2-5-10-26)46-59-47-36(27-11-6-3-7-12-27)43(57)44(63(47)49(55,56)64(46)45(33)34)28-13-16-31(17-14-28)67-25-30-24-62(61-60-30)22-8-21-58-48(65)37-38(50)40(52)42(54)41(53)39(37)51/h2-7,9-14,16-18,20,23-24H,8,15,19,21-22,25H2,1H3,(H,58,65). The number of nitrogens with one attached hydrogen (secondary N) is 1. The second-order valence-corrected chi connectivity index (χ2v) is 17.0. The molecule has 0 atom stereocenters. The highest BCUT2D eigenvalue weighted by molar-refractivity contribution is 14.1. The summed E-state index contributed by atoms with van der Waals surface area (Å²) in [5.74, 6) is -11.3. The van der Waals surface area contributed by atoms with Crippen molar-refractivity contribution in [3.63, 3.8) is 0 Å². The first kappa shape index (κ1) is 43.8. The van der Waals surface area contributed by atoms with Crippen LogP contribution >= 0.6 is 22.6 Å². The molecule has 7 aromatic rings. The number of carbonyl (C=O) groups is 1. The Kier molecular flexibility index (Phi) is 11.3. The number of nitrogens with zero attached hydrogens (tertiary/aromatic N) is 6. The zero-order chi connectivity index (χ0) is 46.7. The Hall–Kier alpha value is -7.03. The molecule has 19 heteroatoms. The Morgan fingerprint density at radius 1 is 0.821 bits per heavy atom. The van der Waals surface area contributed by atoms with Crippen molar-refractivity contribution in [2.24, 2.45) is 4.99 Å². The summed E-state index contributed by atoms with van der Waals surface area (Å²) in [7, 11) is 1.58. The summed E-state index contributed by atoms with van der Waals surface area (Å²) in [6, 6.07) is 31.3. The molecule has 1 N–H and O–H groups in total. The highest BCUT2D eigenvalue weighted by Gasteiger charge is 2.56. The van der Waals surface area contributed by atoms with Crippen molar-refractivity contribution in [1.29, 1.82) is 0 Å². The van der Waals surface area contributed by atoms with Gasteiger partial charge in [-0.1, -0.05) is 65.9 Å². The maximum atomic E-state index is 18.2. The van der Waals surface area contributed by atoms with Gasteiger partial charge >= 0.3 is 6.97 Å². The van der Waals surface area contributed by atoms with Crippen LogP contribution in [-0.4, -0.2) is 62.0 Å². The van der Waals surface area contributed by atoms with Gasteiger partial charge in [0.15, 0.2) is 23.3 Å². The number of aryl methyl sites for hydroxylation is 2. The summed E-state index contributed by atoms with van der Waals surface area (Å²) in [4.78, 5) is 17.5. The topological polar surface area (TPSA) is 98.6 Å². The van der Waals surface area contributed by atoms with Crippen molar-refractivity contribution >= 4 is 58.4 Å². The number of aromatic nitrogens is 4. The molecule has 2 aromatic heterocycles. The normalized spacial score (nSPS) is 14.6. The van der Waals surface area contributed by atoms with Crippen LogP contribution in [0.2, 0.25) is 0 Å². The van der Waals surface area contributed by atoms with Gasteiger partial charge in [0.25, 0.3) is 11.7 Å². The molecule has 0 spiro atoms. The number of rotatable bonds is 12. The van der Waals surface area contributed by atoms with Crippen molar-refractivity contribution < 1.29 is 49.3 Å². The monoisotopic (exact) mass is 1030 g/mol. The fraction of sp³-hybridized carbons (Fsp3) is 0.146. The van der Waals surface area contributed by atoms with E-state index in [0.29, 0.717) is 67.3 Å². The Labute approximate surface area is 391 Å². The number of methoxy groups -OCH3 is 1. The van der Waals surface area contributed by atoms with Crippen molar-refractivity contribution in [2.45, 2.75) is 32.4 Å². The van der Waals surface area contributed by atoms with Gasteiger partial charge in [0, 0.05) is 24.3 Å². The van der Waals surface area contributed by atoms with Gasteiger partial charge in [-0.15, -0.1) is 5.10 Å². The molecule has 10 nitrogen and oxygen atoms in total. The highest BCUT2D eigenvalue weighted by Crippen LogP contribution is 2.52. The van der Waals surface area contributed by atoms with E-state index in [4.69, 9.17) is 14.5 Å². The van der Waals surface area contributed by atoms with Gasteiger partial charge in [0.05, 0.1) is 28.0 Å². The quantitative estimate of drug-likeness (QED) is 0.0328. The lowest BCUT2D eigenvalue weighted by Gasteiger charge is -2.33. The predicted octanol–water partition coefficient (Wildman–Crippen LogP) is 10.2. The van der Waals surface area contributed by atoms with Gasteiger partial charge in [0.1, 0.15) is 35.1 Å². The number of ether oxygens (including phenoxy) is 2. The van der Waals surface area contributed by atoms with E-state index in [1.807, 2.05) is 72.8 Å². The molecule has 2 aliphatic heterocycles. The first-order valence-electron chi connectivity index (χ1n) is 21.0. The molecule has 0 unspecified atom stereocenters. The fourth-order valence-corrected chi connectivity index (χ4v) is 10.0. The Bertz CT molecular complexity index is 3220. The van der Waals surface area contributed by atoms with Crippen molar-refractivity contribution in [2.75, 3.05) is 13.7 Å². The van der Waals surface area contributed by atoms with Crippen LogP contribution in [0.1, 0.15) is 44.7 Å². The maximum absolute atomic E-state index is 18.2. The molecule has 0 bridgehead atoms. The molecule has 1 amide bonds. The molecule has 5 aromatic carbocycles. The van der Waals surface area contributed by atoms with Crippen LogP contribution in [0.25, 0.3) is 28.0 Å². The summed E-state index contributed by atoms with van der Waals surface area (Å²) in [5.41, 5.74) is 5.33. The Balaban J connectivity index is 0.927. The van der Waals surface area contributed by atoms with Gasteiger partial charge in [-0.05, 0) is 117 Å². The van der Waals surface area contributed by atoms with E-state index < -0.39 is 47.5 Å². The third-order valence-corrected chi connectivity index (χ3v) is 13.0. The predicted molar refractivity (Wildman–Crippen MR) is 245 cm³/mol. The van der Waals surface area contributed by atoms with Crippen molar-refractivity contribution in [1.82, 2.24) is 24.8 Å². The summed E-state index contributed by atoms with van der Waals surface area (Å²) in [5, 5.41) is 10.2. The first-order chi connectivity index (χ1) is 32.4. The molecule has 0 saturated heterocycles. The van der Waals surface area contributed by atoms with Crippen molar-refractivity contribution in [3.05, 3.63) is 176 Å². The van der Waals surface area contributed by atoms with Gasteiger partial charge in [0.2, 0.25) is 11.6 Å². The van der Waals surface area contributed by atoms with Crippen molar-refractivity contribution in [3.8, 4) is 33.9 Å². The van der Waals surface area contributed by atoms with Crippen LogP contribution in [-0.2, 0) is 26.0 Å². The average Bonchev–Trinajstić information content (AvgIpc) is 4.04. The van der Waals surface area contributed by atoms with Crippen LogP contribution in [0.3, 0.4) is 0 Å². The van der Waals surface area contributed by atoms with Crippen LogP contribution in [0.4, 0.5) is 36.4 Å². The van der Waals surface area contributed by atoms with Gasteiger partial charge in [-0.3, -0.25) is 9.48 Å². The minimum absolute atomic E-state index is 0.0226. The second kappa shape index (κ2) is 17.3. The van der Waals surface area contributed by atoms with E-state index in [1.165, 1.54) is 4.68 Å². The van der Waals surface area contributed by atoms with Crippen LogP contribution in [0.5, 0.6) is 11.5 Å². The molecule has 67 heavy (non-hydrogen) atoms. The minimum Gasteiger partial charge on any atom is -0.497 e. The maximum Gasteiger partial charge on any atom is 0.642 e. The van der Waals surface area contributed by atoms with Gasteiger partial charge < -0.3 is 32.4 Å². The largest absolute Gasteiger partial charge is 0.642 e. The van der Waals surface area contributed by atoms with Crippen LogP contribution < -0.4 is 14.8 Å². The van der Waals surface area contributed by atoms with Gasteiger partial charge in [-0.2, -0.15) is 0 Å². The zero-order valence-corrected chi connectivity index (χ0v) is 37.3. The van der Waals surface area contributed by atoms with Crippen LogP contribution in [0, 0.1) is 29.1 Å². The summed E-state index contributed by atoms with van der Waals surface area (Å²) in [6.45, 7) is -4.62. The first-order valence-corrected chi connectivity index (χ1v) is 22.1. The van der Waals surface area contributed by atoms with E-state index in [-0.39, 0.29) is 37.8 Å². The lowest BCUT2D eigenvalue weighted by atomic mass is 9.85. The number of benzene rings is 5. The molecular formula is C48H34BF7IN7O3. The zero-order valence-electron chi connectivity index (χ0n) is 35.1. The number of hydrogen-bond donors (Lipinski definition) is 1. The Morgan fingerprint density at radius 2 is 1.48 bits per heavy atom. The smallest absolute Gasteiger partial charge is 0.497 e. The summed E-state index contributed by atoms with van der Waals surface area (Å²) < 4.78 is 121. The van der Waals surface area contributed by atoms with Crippen LogP contribution in [0.15, 0.2) is 118 Å². The minimum atomic E-state index is -4.59. The number of amides is 1. The SMILES string of the molecule is COc1ccc2c(c1)CCc1c(-c3ccccc3)c3n(c1-2)[B-](F)(F)[N+]1=C(c2ccc(OCc4cn(CCCNC(=O)c5c(F)c(F)c(F)c(F)c5F)nn4)cc2)C(I)=C(c2ccccc2)C1=N3. The molecule has 0 radical (unpaired) electrons. The average molecular weight is 1030 g/mol. The van der Waals surface area contributed by atoms with E-state index in [1.54, 1.807) is 43.6 Å². The lowest BCUT2D eigenvalue weighted by molar-refractivity contribution is -0.291. The van der Waals surface area contributed by atoms with E-state index in [2.05, 4.69) is 38.2 Å². The third kappa shape index (κ3) is 7.48. The lowest BCUT2D eigenvalue weighted by Crippen LogP contribution is -2.53. The number of hydrogen-bond acceptors (Lipinski definition) is 6. The number of allylic oxidation sites excluding steroid dienone is 1. The number of fused-ring (bicyclic) bond motifs is 6. The van der Waals surface area contributed by atoms with Gasteiger partial charge in [-0.25, -0.2) is 22.0 Å². The third-order valence-electron chi connectivity index (χ3n) is 12.0. The number of amidine groups is 1. The summed E-state index contributed by atoms with van der Waals surface area (Å²) in [6.07, 6.45) is 2.91.